The molecule has 2 aromatic carbocycles. The van der Waals surface area contributed by atoms with Gasteiger partial charge in [0.2, 0.25) is 11.1 Å². The third-order valence-electron chi connectivity index (χ3n) is 3.17. The van der Waals surface area contributed by atoms with Gasteiger partial charge in [-0.1, -0.05) is 57.2 Å². The summed E-state index contributed by atoms with van der Waals surface area (Å²) in [4.78, 5) is 3.33. The smallest absolute Gasteiger partial charge is 0.426 e. The molecule has 0 heterocycles. The fourth-order valence-corrected chi connectivity index (χ4v) is 1.92. The van der Waals surface area contributed by atoms with E-state index in [2.05, 4.69) is 25.7 Å². The van der Waals surface area contributed by atoms with Gasteiger partial charge in [0.1, 0.15) is 6.61 Å². The molecule has 0 aromatic heterocycles. The van der Waals surface area contributed by atoms with E-state index in [1.54, 1.807) is 0 Å². The Kier molecular flexibility index (Phi) is 4.05. The zero-order chi connectivity index (χ0) is 14.6. The zero-order valence-corrected chi connectivity index (χ0v) is 12.1. The number of rotatable bonds is 3. The molecule has 0 unspecified atom stereocenters. The van der Waals surface area contributed by atoms with E-state index in [0.717, 1.165) is 11.1 Å². The van der Waals surface area contributed by atoms with Crippen LogP contribution in [0.5, 0.6) is 5.75 Å². The number of nitrogens with zero attached hydrogens (tertiary/aromatic N) is 2. The number of hydrogen-bond donors (Lipinski definition) is 0. The van der Waals surface area contributed by atoms with Crippen molar-refractivity contribution in [3.8, 4) is 5.75 Å². The van der Waals surface area contributed by atoms with Crippen molar-refractivity contribution >= 4 is 5.69 Å². The second-order valence-corrected chi connectivity index (χ2v) is 5.81. The van der Waals surface area contributed by atoms with Crippen molar-refractivity contribution in [2.75, 3.05) is 0 Å². The summed E-state index contributed by atoms with van der Waals surface area (Å²) in [5.41, 5.74) is 2.67. The molecule has 0 aliphatic carbocycles. The molecule has 0 saturated carbocycles. The SMILES string of the molecule is CC(C)(C)c1ccc(OCc2ccccc2)c([N+]#N)c1. The van der Waals surface area contributed by atoms with Crippen LogP contribution in [0.3, 0.4) is 0 Å². The van der Waals surface area contributed by atoms with Gasteiger partial charge in [-0.2, -0.15) is 0 Å². The van der Waals surface area contributed by atoms with Crippen LogP contribution in [0, 0.1) is 5.39 Å². The number of hydrogen-bond acceptors (Lipinski definition) is 2. The van der Waals surface area contributed by atoms with Gasteiger partial charge in [0, 0.05) is 6.07 Å². The van der Waals surface area contributed by atoms with Crippen LogP contribution >= 0.6 is 0 Å². The zero-order valence-electron chi connectivity index (χ0n) is 12.1. The number of diazo groups is 1. The Morgan fingerprint density at radius 2 is 1.75 bits per heavy atom. The molecule has 0 amide bonds. The summed E-state index contributed by atoms with van der Waals surface area (Å²) in [5.74, 6) is 0.587. The summed E-state index contributed by atoms with van der Waals surface area (Å²) < 4.78 is 5.73. The van der Waals surface area contributed by atoms with Crippen LogP contribution in [-0.2, 0) is 12.0 Å². The molecular formula is C17H19N2O+. The van der Waals surface area contributed by atoms with Crippen molar-refractivity contribution in [1.82, 2.24) is 0 Å². The van der Waals surface area contributed by atoms with Gasteiger partial charge in [0.05, 0.1) is 0 Å². The fourth-order valence-electron chi connectivity index (χ4n) is 1.92. The second-order valence-electron chi connectivity index (χ2n) is 5.81. The first kappa shape index (κ1) is 14.1. The lowest BCUT2D eigenvalue weighted by molar-refractivity contribution is 0.308. The lowest BCUT2D eigenvalue weighted by Gasteiger charge is -2.18. The molecule has 0 N–H and O–H groups in total. The quantitative estimate of drug-likeness (QED) is 0.730. The molecule has 3 nitrogen and oxygen atoms in total. The molecular weight excluding hydrogens is 248 g/mol. The van der Waals surface area contributed by atoms with E-state index in [-0.39, 0.29) is 5.41 Å². The van der Waals surface area contributed by atoms with Crippen LogP contribution in [-0.4, -0.2) is 0 Å². The van der Waals surface area contributed by atoms with E-state index in [9.17, 15) is 0 Å². The van der Waals surface area contributed by atoms with Gasteiger partial charge in [-0.3, -0.25) is 0 Å². The van der Waals surface area contributed by atoms with Gasteiger partial charge < -0.3 is 4.74 Å². The normalized spacial score (nSPS) is 10.9. The lowest BCUT2D eigenvalue weighted by Crippen LogP contribution is -2.10. The van der Waals surface area contributed by atoms with E-state index < -0.39 is 0 Å². The topological polar surface area (TPSA) is 37.4 Å². The Morgan fingerprint density at radius 1 is 1.05 bits per heavy atom. The van der Waals surface area contributed by atoms with Gasteiger partial charge >= 0.3 is 5.69 Å². The molecule has 0 bridgehead atoms. The molecule has 0 aliphatic rings. The maximum Gasteiger partial charge on any atom is 0.426 e. The standard InChI is InChI=1S/C17H19N2O/c1-17(2,3)14-9-10-16(15(11-14)19-18)20-12-13-7-5-4-6-8-13/h4-11H,12H2,1-3H3/q+1. The van der Waals surface area contributed by atoms with Gasteiger partial charge in [-0.25, -0.2) is 0 Å². The molecule has 0 aliphatic heterocycles. The van der Waals surface area contributed by atoms with Gasteiger partial charge in [0.25, 0.3) is 0 Å². The van der Waals surface area contributed by atoms with Gasteiger partial charge in [-0.05, 0) is 22.6 Å². The molecule has 102 valence electrons. The second kappa shape index (κ2) is 5.75. The van der Waals surface area contributed by atoms with Crippen LogP contribution in [0.4, 0.5) is 5.69 Å². The minimum absolute atomic E-state index is 0.0113. The minimum Gasteiger partial charge on any atom is -0.481 e. The first-order chi connectivity index (χ1) is 9.50. The van der Waals surface area contributed by atoms with Crippen molar-refractivity contribution in [3.63, 3.8) is 0 Å². The largest absolute Gasteiger partial charge is 0.481 e. The van der Waals surface area contributed by atoms with E-state index >= 15 is 0 Å². The van der Waals surface area contributed by atoms with Crippen LogP contribution in [0.15, 0.2) is 48.5 Å². The van der Waals surface area contributed by atoms with Crippen molar-refractivity contribution in [3.05, 3.63) is 64.6 Å². The molecule has 0 spiro atoms. The molecule has 0 atom stereocenters. The monoisotopic (exact) mass is 267 g/mol. The maximum absolute atomic E-state index is 9.15. The van der Waals surface area contributed by atoms with Crippen molar-refractivity contribution in [2.45, 2.75) is 32.8 Å². The molecule has 3 heteroatoms. The first-order valence-electron chi connectivity index (χ1n) is 6.67. The Balaban J connectivity index is 2.19. The Labute approximate surface area is 119 Å². The summed E-state index contributed by atoms with van der Waals surface area (Å²) in [6, 6.07) is 15.6. The molecule has 20 heavy (non-hydrogen) atoms. The third kappa shape index (κ3) is 3.36. The van der Waals surface area contributed by atoms with Crippen LogP contribution in [0.25, 0.3) is 4.98 Å². The summed E-state index contributed by atoms with van der Waals surface area (Å²) in [6.07, 6.45) is 0. The van der Waals surface area contributed by atoms with Crippen LogP contribution in [0.2, 0.25) is 0 Å². The maximum atomic E-state index is 9.15. The number of benzene rings is 2. The van der Waals surface area contributed by atoms with Crippen molar-refractivity contribution in [1.29, 1.82) is 5.39 Å². The Hall–Kier alpha value is -2.34. The predicted molar refractivity (Wildman–Crippen MR) is 80.7 cm³/mol. The summed E-state index contributed by atoms with van der Waals surface area (Å²) >= 11 is 0. The van der Waals surface area contributed by atoms with E-state index in [0.29, 0.717) is 18.0 Å². The highest BCUT2D eigenvalue weighted by Gasteiger charge is 2.21. The van der Waals surface area contributed by atoms with Crippen molar-refractivity contribution < 1.29 is 4.74 Å². The summed E-state index contributed by atoms with van der Waals surface area (Å²) in [6.45, 7) is 6.81. The highest BCUT2D eigenvalue weighted by atomic mass is 16.5. The predicted octanol–water partition coefficient (Wildman–Crippen LogP) is 5.05. The van der Waals surface area contributed by atoms with Gasteiger partial charge in [-0.15, -0.1) is 0 Å². The highest BCUT2D eigenvalue weighted by molar-refractivity contribution is 5.59. The molecule has 0 saturated heterocycles. The molecule has 0 radical (unpaired) electrons. The molecule has 2 rings (SSSR count). The third-order valence-corrected chi connectivity index (χ3v) is 3.17. The average molecular weight is 267 g/mol. The van der Waals surface area contributed by atoms with E-state index in [1.807, 2.05) is 48.5 Å². The Bertz CT molecular complexity index is 622. The number of ether oxygens (including phenoxy) is 1. The van der Waals surface area contributed by atoms with Gasteiger partial charge in [0.15, 0.2) is 4.98 Å². The lowest BCUT2D eigenvalue weighted by atomic mass is 9.87. The molecule has 0 fully saturated rings. The van der Waals surface area contributed by atoms with Crippen molar-refractivity contribution in [2.24, 2.45) is 0 Å². The van der Waals surface area contributed by atoms with E-state index in [1.165, 1.54) is 0 Å². The van der Waals surface area contributed by atoms with Crippen LogP contribution in [0.1, 0.15) is 31.9 Å². The minimum atomic E-state index is 0.0113. The molecule has 2 aromatic rings. The average Bonchev–Trinajstić information content (AvgIpc) is 2.45. The first-order valence-corrected chi connectivity index (χ1v) is 6.67. The highest BCUT2D eigenvalue weighted by Crippen LogP contribution is 2.33. The summed E-state index contributed by atoms with van der Waals surface area (Å²) in [7, 11) is 0. The Morgan fingerprint density at radius 3 is 2.35 bits per heavy atom. The fraction of sp³-hybridized carbons (Fsp3) is 0.294. The van der Waals surface area contributed by atoms with Crippen LogP contribution < -0.4 is 4.74 Å². The van der Waals surface area contributed by atoms with E-state index in [4.69, 9.17) is 10.1 Å². The summed E-state index contributed by atoms with van der Waals surface area (Å²) in [5, 5.41) is 9.15.